The molecule has 3 heterocycles. The Kier molecular flexibility index (Phi) is 7.34. The summed E-state index contributed by atoms with van der Waals surface area (Å²) in [7, 11) is -0.644. The van der Waals surface area contributed by atoms with Crippen LogP contribution in [0.15, 0.2) is 6.33 Å². The summed E-state index contributed by atoms with van der Waals surface area (Å²) in [6.45, 7) is 4.85. The lowest BCUT2D eigenvalue weighted by molar-refractivity contribution is -0.145. The molecular weight excluding hydrogens is 429 g/mol. The molecule has 1 aliphatic rings. The minimum Gasteiger partial charge on any atom is -0.462 e. The predicted octanol–water partition coefficient (Wildman–Crippen LogP) is 0.560. The van der Waals surface area contributed by atoms with E-state index in [4.69, 9.17) is 19.7 Å². The van der Waals surface area contributed by atoms with Gasteiger partial charge in [-0.25, -0.2) is 4.98 Å². The molecule has 0 aromatic carbocycles. The minimum atomic E-state index is -2.34. The van der Waals surface area contributed by atoms with E-state index in [-0.39, 0.29) is 31.1 Å². The van der Waals surface area contributed by atoms with Crippen LogP contribution in [-0.4, -0.2) is 69.1 Å². The fraction of sp³-hybridized carbons (Fsp3) is 0.647. The Morgan fingerprint density at radius 2 is 2.19 bits per heavy atom. The molecule has 14 heteroatoms. The molecule has 2 aromatic heterocycles. The van der Waals surface area contributed by atoms with Crippen molar-refractivity contribution in [3.8, 4) is 0 Å². The Bertz CT molecular complexity index is 954. The monoisotopic (exact) mass is 456 g/mol. The molecule has 1 fully saturated rings. The number of imidazole rings is 1. The number of carbonyl (C=O) groups is 1. The smallest absolute Gasteiger partial charge is 0.462 e. The van der Waals surface area contributed by atoms with Crippen LogP contribution in [0.4, 0.5) is 11.8 Å². The SMILES string of the molecule is CNc1nc(N)nc2c1ncn2[C@@H]1O[C@H](CO[P+](=O)NCC(=O)OC(C)C)[C@@H](O)[C@@H]1C. The van der Waals surface area contributed by atoms with Gasteiger partial charge in [-0.15, -0.1) is 4.52 Å². The first-order valence-corrected chi connectivity index (χ1v) is 10.9. The van der Waals surface area contributed by atoms with Gasteiger partial charge in [-0.3, -0.25) is 9.36 Å². The van der Waals surface area contributed by atoms with Gasteiger partial charge in [0.05, 0.1) is 18.5 Å². The molecule has 0 radical (unpaired) electrons. The third-order valence-electron chi connectivity index (χ3n) is 4.71. The lowest BCUT2D eigenvalue weighted by Crippen LogP contribution is -2.29. The van der Waals surface area contributed by atoms with Gasteiger partial charge in [0.15, 0.2) is 17.0 Å². The Balaban J connectivity index is 1.63. The second-order valence-corrected chi connectivity index (χ2v) is 8.43. The van der Waals surface area contributed by atoms with Crippen molar-refractivity contribution in [2.45, 2.75) is 45.3 Å². The summed E-state index contributed by atoms with van der Waals surface area (Å²) in [5.74, 6) is -0.329. The van der Waals surface area contributed by atoms with Crippen LogP contribution in [0.25, 0.3) is 11.2 Å². The number of carbonyl (C=O) groups excluding carboxylic acids is 1. The van der Waals surface area contributed by atoms with Crippen molar-refractivity contribution < 1.29 is 28.5 Å². The number of ether oxygens (including phenoxy) is 2. The Morgan fingerprint density at radius 1 is 1.45 bits per heavy atom. The maximum absolute atomic E-state index is 12.0. The maximum Gasteiger partial charge on any atom is 0.613 e. The number of anilines is 2. The molecule has 0 amide bonds. The number of nitrogen functional groups attached to an aromatic ring is 1. The molecule has 1 unspecified atom stereocenters. The van der Waals surface area contributed by atoms with E-state index >= 15 is 0 Å². The average Bonchev–Trinajstić information content (AvgIpc) is 3.25. The number of fused-ring (bicyclic) bond motifs is 1. The summed E-state index contributed by atoms with van der Waals surface area (Å²) in [5.41, 5.74) is 6.76. The molecule has 170 valence electrons. The molecule has 2 aromatic rings. The zero-order valence-electron chi connectivity index (χ0n) is 17.7. The normalized spacial score (nSPS) is 24.0. The number of aliphatic hydroxyl groups is 1. The van der Waals surface area contributed by atoms with Gasteiger partial charge in [0.1, 0.15) is 25.5 Å². The van der Waals surface area contributed by atoms with Crippen molar-refractivity contribution in [1.29, 1.82) is 0 Å². The molecule has 0 saturated carbocycles. The molecule has 0 bridgehead atoms. The van der Waals surface area contributed by atoms with Crippen molar-refractivity contribution in [1.82, 2.24) is 24.6 Å². The second kappa shape index (κ2) is 9.79. The van der Waals surface area contributed by atoms with Gasteiger partial charge in [0, 0.05) is 13.0 Å². The Morgan fingerprint density at radius 3 is 2.87 bits per heavy atom. The van der Waals surface area contributed by atoms with Crippen molar-refractivity contribution in [2.75, 3.05) is 31.2 Å². The van der Waals surface area contributed by atoms with Crippen LogP contribution in [0.5, 0.6) is 0 Å². The van der Waals surface area contributed by atoms with Crippen LogP contribution in [0, 0.1) is 5.92 Å². The molecule has 5 N–H and O–H groups in total. The summed E-state index contributed by atoms with van der Waals surface area (Å²) in [5, 5.41) is 15.9. The van der Waals surface area contributed by atoms with Crippen LogP contribution in [0.2, 0.25) is 0 Å². The highest BCUT2D eigenvalue weighted by molar-refractivity contribution is 7.36. The molecule has 1 saturated heterocycles. The summed E-state index contributed by atoms with van der Waals surface area (Å²) in [6.07, 6.45) is -0.959. The number of esters is 1. The van der Waals surface area contributed by atoms with Crippen LogP contribution in [0.1, 0.15) is 27.0 Å². The summed E-state index contributed by atoms with van der Waals surface area (Å²) in [4.78, 5) is 24.2. The molecule has 1 aliphatic heterocycles. The highest BCUT2D eigenvalue weighted by Gasteiger charge is 2.44. The highest BCUT2D eigenvalue weighted by atomic mass is 31.1. The lowest BCUT2D eigenvalue weighted by atomic mass is 10.0. The van der Waals surface area contributed by atoms with Gasteiger partial charge in [-0.1, -0.05) is 12.0 Å². The predicted molar refractivity (Wildman–Crippen MR) is 111 cm³/mol. The third kappa shape index (κ3) is 5.25. The molecular formula is C17H27N7O6P+. The quantitative estimate of drug-likeness (QED) is 0.305. The number of nitrogens with two attached hydrogens (primary N) is 1. The van der Waals surface area contributed by atoms with Crippen LogP contribution >= 0.6 is 8.18 Å². The zero-order chi connectivity index (χ0) is 22.7. The van der Waals surface area contributed by atoms with E-state index in [0.29, 0.717) is 17.0 Å². The number of nitrogens with zero attached hydrogens (tertiary/aromatic N) is 4. The van der Waals surface area contributed by atoms with E-state index in [1.807, 2.05) is 6.92 Å². The van der Waals surface area contributed by atoms with Gasteiger partial charge in [-0.05, 0) is 18.4 Å². The van der Waals surface area contributed by atoms with E-state index in [1.54, 1.807) is 31.8 Å². The fourth-order valence-corrected chi connectivity index (χ4v) is 3.89. The summed E-state index contributed by atoms with van der Waals surface area (Å²) in [6, 6.07) is 0. The van der Waals surface area contributed by atoms with Crippen molar-refractivity contribution in [3.05, 3.63) is 6.33 Å². The van der Waals surface area contributed by atoms with Crippen LogP contribution < -0.4 is 16.1 Å². The molecule has 5 atom stereocenters. The number of aliphatic hydroxyl groups excluding tert-OH is 1. The van der Waals surface area contributed by atoms with E-state index < -0.39 is 32.6 Å². The minimum absolute atomic E-state index is 0.0729. The molecule has 3 rings (SSSR count). The lowest BCUT2D eigenvalue weighted by Gasteiger charge is -2.17. The van der Waals surface area contributed by atoms with Gasteiger partial charge < -0.3 is 25.6 Å². The number of hydrogen-bond donors (Lipinski definition) is 4. The van der Waals surface area contributed by atoms with Crippen LogP contribution in [-0.2, 0) is 23.4 Å². The molecule has 0 aliphatic carbocycles. The Hall–Kier alpha value is -2.44. The third-order valence-corrected chi connectivity index (χ3v) is 5.51. The zero-order valence-corrected chi connectivity index (χ0v) is 18.6. The summed E-state index contributed by atoms with van der Waals surface area (Å²) >= 11 is 0. The van der Waals surface area contributed by atoms with Crippen LogP contribution in [0.3, 0.4) is 0 Å². The molecule has 0 spiro atoms. The van der Waals surface area contributed by atoms with Crippen molar-refractivity contribution in [3.63, 3.8) is 0 Å². The fourth-order valence-electron chi connectivity index (χ4n) is 3.26. The van der Waals surface area contributed by atoms with Crippen molar-refractivity contribution in [2.24, 2.45) is 5.92 Å². The van der Waals surface area contributed by atoms with E-state index in [1.165, 1.54) is 0 Å². The van der Waals surface area contributed by atoms with E-state index in [0.717, 1.165) is 0 Å². The standard InChI is InChI=1S/C17H27N7O6P/c1-8(2)29-11(25)5-21-31(27)28-6-10-13(26)9(3)16(30-10)24-7-20-12-14(19-4)22-17(18)23-15(12)24/h7-10,13,16,26H,5-6H2,1-4H3,(H,21,27)(H3,18,19,22,23)/q+1/t9-,10+,13-,16+/m0/s1. The average molecular weight is 456 g/mol. The first-order chi connectivity index (χ1) is 14.7. The van der Waals surface area contributed by atoms with Gasteiger partial charge in [-0.2, -0.15) is 9.97 Å². The Labute approximate surface area is 179 Å². The first kappa shape index (κ1) is 23.2. The van der Waals surface area contributed by atoms with Gasteiger partial charge in [0.25, 0.3) is 0 Å². The van der Waals surface area contributed by atoms with E-state index in [9.17, 15) is 14.5 Å². The summed E-state index contributed by atoms with van der Waals surface area (Å²) < 4.78 is 29.8. The van der Waals surface area contributed by atoms with Crippen molar-refractivity contribution >= 4 is 37.1 Å². The number of aromatic nitrogens is 4. The van der Waals surface area contributed by atoms with E-state index in [2.05, 4.69) is 25.4 Å². The molecule has 31 heavy (non-hydrogen) atoms. The second-order valence-electron chi connectivity index (χ2n) is 7.35. The highest BCUT2D eigenvalue weighted by Crippen LogP contribution is 2.37. The topological polar surface area (TPSA) is 176 Å². The molecule has 13 nitrogen and oxygen atoms in total. The first-order valence-electron chi connectivity index (χ1n) is 9.75. The maximum atomic E-state index is 12.0. The number of hydrogen-bond acceptors (Lipinski definition) is 11. The van der Waals surface area contributed by atoms with Gasteiger partial charge in [0.2, 0.25) is 5.95 Å². The largest absolute Gasteiger partial charge is 0.613 e. The number of rotatable bonds is 9. The number of nitrogens with one attached hydrogen (secondary N) is 2. The van der Waals surface area contributed by atoms with Gasteiger partial charge >= 0.3 is 14.1 Å².